The molecule has 0 radical (unpaired) electrons. The second-order valence-corrected chi connectivity index (χ2v) is 5.84. The molecule has 24 heavy (non-hydrogen) atoms. The smallest absolute Gasteiger partial charge is 0.229 e. The lowest BCUT2D eigenvalue weighted by atomic mass is 9.99. The molecule has 0 aliphatic heterocycles. The molecular weight excluding hydrogens is 300 g/mol. The molecule has 0 aliphatic carbocycles. The van der Waals surface area contributed by atoms with Crippen LogP contribution in [0.25, 0.3) is 0 Å². The van der Waals surface area contributed by atoms with E-state index in [0.717, 1.165) is 17.7 Å². The number of hydrogen-bond acceptors (Lipinski definition) is 3. The summed E-state index contributed by atoms with van der Waals surface area (Å²) in [4.78, 5) is 14.7. The van der Waals surface area contributed by atoms with Gasteiger partial charge in [0.15, 0.2) is 0 Å². The summed E-state index contributed by atoms with van der Waals surface area (Å²) in [5, 5.41) is 0. The van der Waals surface area contributed by atoms with E-state index in [-0.39, 0.29) is 11.8 Å². The van der Waals surface area contributed by atoms with Crippen LogP contribution >= 0.6 is 0 Å². The van der Waals surface area contributed by atoms with Crippen molar-refractivity contribution in [3.63, 3.8) is 0 Å². The van der Waals surface area contributed by atoms with E-state index in [1.165, 1.54) is 5.56 Å². The summed E-state index contributed by atoms with van der Waals surface area (Å²) >= 11 is 0. The van der Waals surface area contributed by atoms with Gasteiger partial charge in [-0.05, 0) is 36.6 Å². The zero-order valence-corrected chi connectivity index (χ0v) is 14.4. The van der Waals surface area contributed by atoms with Crippen molar-refractivity contribution in [2.45, 2.75) is 19.3 Å². The zero-order valence-electron chi connectivity index (χ0n) is 14.4. The standard InChI is InChI=1S/C20H26N2O2/c1-16(18-8-10-19(24-2)11-9-18)20(23)22(15-13-21)14-12-17-6-4-3-5-7-17/h3-11,16H,12-15,21H2,1-2H3. The Morgan fingerprint density at radius 1 is 1.08 bits per heavy atom. The number of amides is 1. The maximum Gasteiger partial charge on any atom is 0.229 e. The van der Waals surface area contributed by atoms with Gasteiger partial charge in [-0.1, -0.05) is 42.5 Å². The fraction of sp³-hybridized carbons (Fsp3) is 0.350. The fourth-order valence-corrected chi connectivity index (χ4v) is 2.71. The lowest BCUT2D eigenvalue weighted by molar-refractivity contribution is -0.132. The number of benzene rings is 2. The Balaban J connectivity index is 2.03. The number of methoxy groups -OCH3 is 1. The molecule has 1 amide bonds. The van der Waals surface area contributed by atoms with Crippen molar-refractivity contribution in [1.29, 1.82) is 0 Å². The minimum atomic E-state index is -0.196. The van der Waals surface area contributed by atoms with E-state index in [0.29, 0.717) is 19.6 Å². The van der Waals surface area contributed by atoms with Gasteiger partial charge in [-0.3, -0.25) is 4.79 Å². The highest BCUT2D eigenvalue weighted by Crippen LogP contribution is 2.21. The van der Waals surface area contributed by atoms with E-state index in [2.05, 4.69) is 12.1 Å². The van der Waals surface area contributed by atoms with Crippen LogP contribution in [0.15, 0.2) is 54.6 Å². The lowest BCUT2D eigenvalue weighted by Gasteiger charge is -2.26. The topological polar surface area (TPSA) is 55.6 Å². The zero-order chi connectivity index (χ0) is 17.4. The molecule has 0 aliphatic rings. The number of hydrogen-bond donors (Lipinski definition) is 1. The maximum atomic E-state index is 12.8. The van der Waals surface area contributed by atoms with Gasteiger partial charge in [0.05, 0.1) is 13.0 Å². The second-order valence-electron chi connectivity index (χ2n) is 5.84. The average Bonchev–Trinajstić information content (AvgIpc) is 2.65. The van der Waals surface area contributed by atoms with E-state index in [1.807, 2.05) is 54.3 Å². The Labute approximate surface area is 144 Å². The van der Waals surface area contributed by atoms with Crippen LogP contribution < -0.4 is 10.5 Å². The summed E-state index contributed by atoms with van der Waals surface area (Å²) in [7, 11) is 1.64. The maximum absolute atomic E-state index is 12.8. The summed E-state index contributed by atoms with van der Waals surface area (Å²) in [6, 6.07) is 17.9. The Morgan fingerprint density at radius 3 is 2.33 bits per heavy atom. The summed E-state index contributed by atoms with van der Waals surface area (Å²) < 4.78 is 5.17. The van der Waals surface area contributed by atoms with E-state index in [4.69, 9.17) is 10.5 Å². The molecular formula is C20H26N2O2. The van der Waals surface area contributed by atoms with Crippen LogP contribution in [0.3, 0.4) is 0 Å². The molecule has 2 N–H and O–H groups in total. The molecule has 0 saturated heterocycles. The third-order valence-electron chi connectivity index (χ3n) is 4.21. The summed E-state index contributed by atoms with van der Waals surface area (Å²) in [6.07, 6.45) is 0.835. The van der Waals surface area contributed by atoms with E-state index in [1.54, 1.807) is 7.11 Å². The summed E-state index contributed by atoms with van der Waals surface area (Å²) in [6.45, 7) is 3.67. The number of ether oxygens (including phenoxy) is 1. The molecule has 0 bridgehead atoms. The number of rotatable bonds is 8. The first kappa shape index (κ1) is 18.0. The normalized spacial score (nSPS) is 11.8. The number of nitrogens with two attached hydrogens (primary N) is 1. The van der Waals surface area contributed by atoms with E-state index in [9.17, 15) is 4.79 Å². The molecule has 4 nitrogen and oxygen atoms in total. The fourth-order valence-electron chi connectivity index (χ4n) is 2.71. The van der Waals surface area contributed by atoms with Crippen molar-refractivity contribution in [1.82, 2.24) is 4.90 Å². The number of carbonyl (C=O) groups excluding carboxylic acids is 1. The van der Waals surface area contributed by atoms with Gasteiger partial charge in [-0.2, -0.15) is 0 Å². The average molecular weight is 326 g/mol. The van der Waals surface area contributed by atoms with E-state index >= 15 is 0 Å². The Kier molecular flexibility index (Phi) is 6.82. The van der Waals surface area contributed by atoms with Gasteiger partial charge < -0.3 is 15.4 Å². The van der Waals surface area contributed by atoms with Crippen molar-refractivity contribution in [3.8, 4) is 5.75 Å². The van der Waals surface area contributed by atoms with Gasteiger partial charge in [-0.15, -0.1) is 0 Å². The molecule has 0 heterocycles. The van der Waals surface area contributed by atoms with Crippen LogP contribution in [0.1, 0.15) is 24.0 Å². The minimum Gasteiger partial charge on any atom is -0.497 e. The quantitative estimate of drug-likeness (QED) is 0.811. The molecule has 0 spiro atoms. The lowest BCUT2D eigenvalue weighted by Crippen LogP contribution is -2.39. The summed E-state index contributed by atoms with van der Waals surface area (Å²) in [5.74, 6) is 0.709. The van der Waals surface area contributed by atoms with Gasteiger partial charge in [0.25, 0.3) is 0 Å². The molecule has 2 aromatic carbocycles. The predicted molar refractivity (Wildman–Crippen MR) is 97.2 cm³/mol. The van der Waals surface area contributed by atoms with Crippen molar-refractivity contribution in [2.24, 2.45) is 5.73 Å². The minimum absolute atomic E-state index is 0.113. The van der Waals surface area contributed by atoms with Crippen molar-refractivity contribution in [3.05, 3.63) is 65.7 Å². The third kappa shape index (κ3) is 4.83. The Bertz CT molecular complexity index is 626. The molecule has 128 valence electrons. The van der Waals surface area contributed by atoms with Gasteiger partial charge in [0, 0.05) is 19.6 Å². The first-order chi connectivity index (χ1) is 11.7. The van der Waals surface area contributed by atoms with Crippen LogP contribution in [0.2, 0.25) is 0 Å². The van der Waals surface area contributed by atoms with Crippen LogP contribution in [0, 0.1) is 0 Å². The van der Waals surface area contributed by atoms with Gasteiger partial charge in [0.1, 0.15) is 5.75 Å². The van der Waals surface area contributed by atoms with E-state index < -0.39 is 0 Å². The van der Waals surface area contributed by atoms with Crippen LogP contribution in [0.4, 0.5) is 0 Å². The molecule has 4 heteroatoms. The summed E-state index contributed by atoms with van der Waals surface area (Å²) in [5.41, 5.74) is 7.92. The molecule has 0 aromatic heterocycles. The van der Waals surface area contributed by atoms with Crippen LogP contribution in [-0.4, -0.2) is 37.6 Å². The second kappa shape index (κ2) is 9.08. The highest BCUT2D eigenvalue weighted by molar-refractivity contribution is 5.83. The molecule has 2 aromatic rings. The third-order valence-corrected chi connectivity index (χ3v) is 4.21. The largest absolute Gasteiger partial charge is 0.497 e. The molecule has 1 atom stereocenters. The van der Waals surface area contributed by atoms with Gasteiger partial charge >= 0.3 is 0 Å². The number of carbonyl (C=O) groups is 1. The molecule has 2 rings (SSSR count). The van der Waals surface area contributed by atoms with Crippen LogP contribution in [0.5, 0.6) is 5.75 Å². The first-order valence-electron chi connectivity index (χ1n) is 8.32. The highest BCUT2D eigenvalue weighted by Gasteiger charge is 2.21. The monoisotopic (exact) mass is 326 g/mol. The van der Waals surface area contributed by atoms with Gasteiger partial charge in [-0.25, -0.2) is 0 Å². The SMILES string of the molecule is COc1ccc(C(C)C(=O)N(CCN)CCc2ccccc2)cc1. The molecule has 0 saturated carbocycles. The van der Waals surface area contributed by atoms with Crippen LogP contribution in [-0.2, 0) is 11.2 Å². The van der Waals surface area contributed by atoms with Crippen molar-refractivity contribution in [2.75, 3.05) is 26.7 Å². The number of nitrogens with zero attached hydrogens (tertiary/aromatic N) is 1. The first-order valence-corrected chi connectivity index (χ1v) is 8.32. The Hall–Kier alpha value is -2.33. The highest BCUT2D eigenvalue weighted by atomic mass is 16.5. The van der Waals surface area contributed by atoms with Gasteiger partial charge in [0.2, 0.25) is 5.91 Å². The Morgan fingerprint density at radius 2 is 1.75 bits per heavy atom. The van der Waals surface area contributed by atoms with Crippen molar-refractivity contribution < 1.29 is 9.53 Å². The molecule has 1 unspecified atom stereocenters. The predicted octanol–water partition coefficient (Wildman–Crippen LogP) is 2.83. The molecule has 0 fully saturated rings. The van der Waals surface area contributed by atoms with Crippen molar-refractivity contribution >= 4 is 5.91 Å².